The largest absolute Gasteiger partial charge is 0.241 e. The summed E-state index contributed by atoms with van der Waals surface area (Å²) in [6.45, 7) is 0. The first-order valence-electron chi connectivity index (χ1n) is 4.79. The maximum absolute atomic E-state index is 4.59. The molecule has 1 nitrogen and oxygen atoms in total. The Labute approximate surface area is 101 Å². The number of hydrogen-bond donors (Lipinski definition) is 0. The van der Waals surface area contributed by atoms with Crippen LogP contribution in [0.25, 0.3) is 21.7 Å². The summed E-state index contributed by atoms with van der Waals surface area (Å²) < 4.78 is 1.07. The number of hydrogen-bond acceptors (Lipinski definition) is 1. The van der Waals surface area contributed by atoms with Gasteiger partial charge >= 0.3 is 0 Å². The average Bonchev–Trinajstić information content (AvgIpc) is 2.30. The van der Waals surface area contributed by atoms with Crippen LogP contribution in [-0.4, -0.2) is 4.98 Å². The van der Waals surface area contributed by atoms with Gasteiger partial charge in [0, 0.05) is 10.8 Å². The molecule has 0 amide bonds. The molecule has 0 N–H and O–H groups in total. The maximum atomic E-state index is 4.59. The van der Waals surface area contributed by atoms with E-state index >= 15 is 0 Å². The second kappa shape index (κ2) is 3.45. The maximum Gasteiger partial charge on any atom is 0.109 e. The summed E-state index contributed by atoms with van der Waals surface area (Å²) >= 11 is 2.30. The Hall–Kier alpha value is -1.16. The Bertz CT molecular complexity index is 646. The summed E-state index contributed by atoms with van der Waals surface area (Å²) in [5.41, 5.74) is 1.07. The molecule has 0 radical (unpaired) electrons. The van der Waals surface area contributed by atoms with Gasteiger partial charge < -0.3 is 0 Å². The van der Waals surface area contributed by atoms with Crippen molar-refractivity contribution in [2.45, 2.75) is 0 Å². The first-order chi connectivity index (χ1) is 7.36. The van der Waals surface area contributed by atoms with E-state index in [1.54, 1.807) is 0 Å². The van der Waals surface area contributed by atoms with E-state index in [0.29, 0.717) is 0 Å². The van der Waals surface area contributed by atoms with Crippen LogP contribution < -0.4 is 0 Å². The minimum Gasteiger partial charge on any atom is -0.241 e. The van der Waals surface area contributed by atoms with E-state index < -0.39 is 0 Å². The van der Waals surface area contributed by atoms with Gasteiger partial charge in [0.15, 0.2) is 0 Å². The lowest BCUT2D eigenvalue weighted by Crippen LogP contribution is -1.86. The fourth-order valence-electron chi connectivity index (χ4n) is 1.86. The van der Waals surface area contributed by atoms with Crippen molar-refractivity contribution >= 4 is 44.3 Å². The van der Waals surface area contributed by atoms with E-state index in [9.17, 15) is 0 Å². The summed E-state index contributed by atoms with van der Waals surface area (Å²) in [6, 6.07) is 16.7. The molecule has 2 heteroatoms. The number of halogens is 1. The molecule has 0 unspecified atom stereocenters. The van der Waals surface area contributed by atoms with Crippen molar-refractivity contribution in [1.29, 1.82) is 0 Å². The molecule has 0 spiro atoms. The van der Waals surface area contributed by atoms with E-state index in [4.69, 9.17) is 0 Å². The van der Waals surface area contributed by atoms with Crippen LogP contribution in [0.4, 0.5) is 0 Å². The van der Waals surface area contributed by atoms with Crippen LogP contribution in [0.3, 0.4) is 0 Å². The molecule has 0 aliphatic heterocycles. The summed E-state index contributed by atoms with van der Waals surface area (Å²) in [5.74, 6) is 0. The lowest BCUT2D eigenvalue weighted by Gasteiger charge is -2.04. The smallest absolute Gasteiger partial charge is 0.109 e. The molecular weight excluding hydrogens is 297 g/mol. The Morgan fingerprint density at radius 1 is 0.733 bits per heavy atom. The molecule has 0 fully saturated rings. The third-order valence-corrected chi connectivity index (χ3v) is 3.38. The second-order valence-electron chi connectivity index (χ2n) is 3.47. The molecule has 1 aromatic heterocycles. The van der Waals surface area contributed by atoms with Crippen molar-refractivity contribution in [2.24, 2.45) is 0 Å². The Morgan fingerprint density at radius 2 is 1.33 bits per heavy atom. The van der Waals surface area contributed by atoms with Crippen LogP contribution in [0.5, 0.6) is 0 Å². The first kappa shape index (κ1) is 9.09. The number of benzene rings is 2. The third kappa shape index (κ3) is 1.40. The van der Waals surface area contributed by atoms with Gasteiger partial charge in [-0.05, 0) is 34.0 Å². The highest BCUT2D eigenvalue weighted by Gasteiger charge is 2.04. The average molecular weight is 305 g/mol. The topological polar surface area (TPSA) is 12.9 Å². The zero-order valence-electron chi connectivity index (χ0n) is 7.94. The van der Waals surface area contributed by atoms with Crippen LogP contribution in [-0.2, 0) is 0 Å². The molecular formula is C13H8IN. The number of aromatic nitrogens is 1. The fourth-order valence-corrected chi connectivity index (χ4v) is 2.59. The lowest BCUT2D eigenvalue weighted by molar-refractivity contribution is 1.38. The molecule has 0 atom stereocenters. The van der Waals surface area contributed by atoms with Crippen molar-refractivity contribution in [3.63, 3.8) is 0 Å². The fraction of sp³-hybridized carbons (Fsp3) is 0. The molecule has 3 rings (SSSR count). The van der Waals surface area contributed by atoms with Crippen molar-refractivity contribution in [3.8, 4) is 0 Å². The van der Waals surface area contributed by atoms with E-state index in [2.05, 4.69) is 70.0 Å². The Kier molecular flexibility index (Phi) is 2.09. The Morgan fingerprint density at radius 3 is 2.13 bits per heavy atom. The molecule has 0 saturated carbocycles. The number of fused-ring (bicyclic) bond motifs is 3. The molecule has 0 aliphatic carbocycles. The van der Waals surface area contributed by atoms with Gasteiger partial charge in [-0.2, -0.15) is 0 Å². The van der Waals surface area contributed by atoms with Gasteiger partial charge in [0.2, 0.25) is 0 Å². The minimum absolute atomic E-state index is 1.07. The normalized spacial score (nSPS) is 11.0. The van der Waals surface area contributed by atoms with E-state index in [1.807, 2.05) is 6.07 Å². The van der Waals surface area contributed by atoms with Crippen LogP contribution in [0.15, 0.2) is 48.5 Å². The lowest BCUT2D eigenvalue weighted by atomic mass is 10.1. The highest BCUT2D eigenvalue weighted by atomic mass is 127. The third-order valence-electron chi connectivity index (χ3n) is 2.56. The van der Waals surface area contributed by atoms with Crippen LogP contribution in [0, 0.1) is 3.70 Å². The zero-order valence-corrected chi connectivity index (χ0v) is 10.1. The molecule has 72 valence electrons. The standard InChI is InChI=1S/C13H8IN/c14-13-11-7-2-1-5-9(11)10-6-3-4-8-12(10)15-13/h1-8H. The van der Waals surface area contributed by atoms with Crippen molar-refractivity contribution in [3.05, 3.63) is 52.2 Å². The van der Waals surface area contributed by atoms with Gasteiger partial charge in [0.25, 0.3) is 0 Å². The van der Waals surface area contributed by atoms with Gasteiger partial charge in [-0.25, -0.2) is 4.98 Å². The van der Waals surface area contributed by atoms with Gasteiger partial charge in [0.1, 0.15) is 3.70 Å². The second-order valence-corrected chi connectivity index (χ2v) is 4.49. The number of pyridine rings is 1. The summed E-state index contributed by atoms with van der Waals surface area (Å²) in [7, 11) is 0. The molecule has 0 saturated heterocycles. The number of nitrogens with zero attached hydrogens (tertiary/aromatic N) is 1. The van der Waals surface area contributed by atoms with E-state index in [0.717, 1.165) is 9.22 Å². The monoisotopic (exact) mass is 305 g/mol. The Balaban J connectivity index is 2.64. The molecule has 1 heterocycles. The quantitative estimate of drug-likeness (QED) is 0.348. The summed E-state index contributed by atoms with van der Waals surface area (Å²) in [5, 5.41) is 3.75. The molecule has 0 bridgehead atoms. The number of para-hydroxylation sites is 1. The van der Waals surface area contributed by atoms with Gasteiger partial charge in [-0.3, -0.25) is 0 Å². The first-order valence-corrected chi connectivity index (χ1v) is 5.87. The molecule has 2 aromatic carbocycles. The predicted molar refractivity (Wildman–Crippen MR) is 72.0 cm³/mol. The van der Waals surface area contributed by atoms with Crippen LogP contribution in [0.2, 0.25) is 0 Å². The number of rotatable bonds is 0. The molecule has 15 heavy (non-hydrogen) atoms. The highest BCUT2D eigenvalue weighted by molar-refractivity contribution is 14.1. The van der Waals surface area contributed by atoms with Gasteiger partial charge in [0.05, 0.1) is 5.52 Å². The van der Waals surface area contributed by atoms with Crippen LogP contribution >= 0.6 is 22.6 Å². The summed E-state index contributed by atoms with van der Waals surface area (Å²) in [4.78, 5) is 4.59. The van der Waals surface area contributed by atoms with Crippen LogP contribution in [0.1, 0.15) is 0 Å². The van der Waals surface area contributed by atoms with Gasteiger partial charge in [-0.1, -0.05) is 42.5 Å². The van der Waals surface area contributed by atoms with Crippen molar-refractivity contribution < 1.29 is 0 Å². The van der Waals surface area contributed by atoms with Crippen molar-refractivity contribution in [1.82, 2.24) is 4.98 Å². The summed E-state index contributed by atoms with van der Waals surface area (Å²) in [6.07, 6.45) is 0. The van der Waals surface area contributed by atoms with E-state index in [-0.39, 0.29) is 0 Å². The molecule has 0 aliphatic rings. The SMILES string of the molecule is Ic1nc2ccccc2c2ccccc12. The van der Waals surface area contributed by atoms with Gasteiger partial charge in [-0.15, -0.1) is 0 Å². The highest BCUT2D eigenvalue weighted by Crippen LogP contribution is 2.26. The minimum atomic E-state index is 1.07. The predicted octanol–water partition coefficient (Wildman–Crippen LogP) is 3.99. The van der Waals surface area contributed by atoms with Crippen molar-refractivity contribution in [2.75, 3.05) is 0 Å². The molecule has 3 aromatic rings. The zero-order chi connectivity index (χ0) is 10.3. The van der Waals surface area contributed by atoms with E-state index in [1.165, 1.54) is 16.2 Å².